The van der Waals surface area contributed by atoms with Gasteiger partial charge in [0.25, 0.3) is 0 Å². The van der Waals surface area contributed by atoms with Crippen LogP contribution in [0.15, 0.2) is 0 Å². The van der Waals surface area contributed by atoms with Gasteiger partial charge in [-0.25, -0.2) is 4.89 Å². The average molecular weight is 160 g/mol. The molecule has 68 valence electrons. The molecular weight excluding hydrogens is 140 g/mol. The van der Waals surface area contributed by atoms with Gasteiger partial charge in [0.05, 0.1) is 6.10 Å². The highest BCUT2D eigenvalue weighted by molar-refractivity contribution is 4.61. The van der Waals surface area contributed by atoms with Crippen LogP contribution in [0.3, 0.4) is 0 Å². The Bertz CT molecular complexity index is 89.6. The van der Waals surface area contributed by atoms with Crippen LogP contribution in [0.5, 0.6) is 0 Å². The zero-order valence-corrected chi connectivity index (χ0v) is 8.00. The van der Waals surface area contributed by atoms with Crippen molar-refractivity contribution in [1.82, 2.24) is 0 Å². The molecule has 0 saturated carbocycles. The fourth-order valence-corrected chi connectivity index (χ4v) is 1.01. The van der Waals surface area contributed by atoms with E-state index in [9.17, 15) is 0 Å². The quantitative estimate of drug-likeness (QED) is 0.495. The van der Waals surface area contributed by atoms with Gasteiger partial charge in [-0.1, -0.05) is 27.7 Å². The first-order valence-corrected chi connectivity index (χ1v) is 4.38. The first kappa shape index (κ1) is 10.9. The van der Waals surface area contributed by atoms with E-state index in [2.05, 4.69) is 32.6 Å². The summed E-state index contributed by atoms with van der Waals surface area (Å²) < 4.78 is 0. The monoisotopic (exact) mass is 160 g/mol. The number of hydrogen-bond donors (Lipinski definition) is 1. The second kappa shape index (κ2) is 5.56. The van der Waals surface area contributed by atoms with Gasteiger partial charge in [0, 0.05) is 0 Å². The molecule has 0 saturated heterocycles. The number of hydrogen-bond acceptors (Lipinski definition) is 2. The predicted molar refractivity (Wildman–Crippen MR) is 46.4 cm³/mol. The summed E-state index contributed by atoms with van der Waals surface area (Å²) in [6, 6.07) is 0. The summed E-state index contributed by atoms with van der Waals surface area (Å²) in [5.41, 5.74) is 0. The first-order chi connectivity index (χ1) is 5.07. The highest BCUT2D eigenvalue weighted by atomic mass is 17.1. The van der Waals surface area contributed by atoms with Crippen LogP contribution in [-0.2, 0) is 4.89 Å². The van der Waals surface area contributed by atoms with Crippen molar-refractivity contribution in [2.75, 3.05) is 0 Å². The maximum absolute atomic E-state index is 8.51. The highest BCUT2D eigenvalue weighted by Gasteiger charge is 2.13. The zero-order chi connectivity index (χ0) is 8.85. The first-order valence-electron chi connectivity index (χ1n) is 4.38. The van der Waals surface area contributed by atoms with Crippen molar-refractivity contribution in [1.29, 1.82) is 0 Å². The molecule has 1 unspecified atom stereocenters. The topological polar surface area (TPSA) is 29.5 Å². The van der Waals surface area contributed by atoms with Crippen molar-refractivity contribution in [3.63, 3.8) is 0 Å². The van der Waals surface area contributed by atoms with Crippen molar-refractivity contribution in [3.8, 4) is 0 Å². The lowest BCUT2D eigenvalue weighted by molar-refractivity contribution is -0.289. The predicted octanol–water partition coefficient (Wildman–Crippen LogP) is 2.94. The molecule has 0 aliphatic carbocycles. The number of rotatable bonds is 5. The Kier molecular flexibility index (Phi) is 5.51. The Morgan fingerprint density at radius 1 is 1.09 bits per heavy atom. The third-order valence-electron chi connectivity index (χ3n) is 1.91. The second-order valence-corrected chi connectivity index (χ2v) is 3.86. The van der Waals surface area contributed by atoms with E-state index < -0.39 is 0 Å². The van der Waals surface area contributed by atoms with Crippen LogP contribution >= 0.6 is 0 Å². The zero-order valence-electron chi connectivity index (χ0n) is 8.00. The molecule has 0 aromatic carbocycles. The van der Waals surface area contributed by atoms with Crippen molar-refractivity contribution in [3.05, 3.63) is 0 Å². The fraction of sp³-hybridized carbons (Fsp3) is 1.00. The van der Waals surface area contributed by atoms with Crippen molar-refractivity contribution in [2.45, 2.75) is 46.6 Å². The molecule has 0 rings (SSSR count). The van der Waals surface area contributed by atoms with Crippen LogP contribution in [-0.4, -0.2) is 11.4 Å². The maximum atomic E-state index is 8.51. The van der Waals surface area contributed by atoms with Crippen LogP contribution < -0.4 is 0 Å². The molecule has 0 radical (unpaired) electrons. The minimum absolute atomic E-state index is 0.0115. The Labute approximate surface area is 69.5 Å². The van der Waals surface area contributed by atoms with Gasteiger partial charge in [-0.05, 0) is 24.7 Å². The van der Waals surface area contributed by atoms with Gasteiger partial charge in [0.15, 0.2) is 0 Å². The second-order valence-electron chi connectivity index (χ2n) is 3.86. The van der Waals surface area contributed by atoms with Gasteiger partial charge in [0.1, 0.15) is 0 Å². The molecule has 0 amide bonds. The minimum atomic E-state index is 0.0115. The summed E-state index contributed by atoms with van der Waals surface area (Å²) in [6.07, 6.45) is 2.08. The molecule has 1 N–H and O–H groups in total. The van der Waals surface area contributed by atoms with Crippen molar-refractivity contribution >= 4 is 0 Å². The molecule has 0 spiro atoms. The van der Waals surface area contributed by atoms with Crippen LogP contribution in [0.2, 0.25) is 0 Å². The smallest absolute Gasteiger partial charge is 0.0950 e. The lowest BCUT2D eigenvalue weighted by atomic mass is 9.98. The summed E-state index contributed by atoms with van der Waals surface area (Å²) in [4.78, 5) is 4.36. The summed E-state index contributed by atoms with van der Waals surface area (Å²) in [7, 11) is 0. The average Bonchev–Trinajstić information content (AvgIpc) is 1.87. The van der Waals surface area contributed by atoms with E-state index >= 15 is 0 Å². The SMILES string of the molecule is CC(C)CCC(OO)C(C)C. The van der Waals surface area contributed by atoms with E-state index in [1.807, 2.05) is 0 Å². The Balaban J connectivity index is 3.52. The summed E-state index contributed by atoms with van der Waals surface area (Å²) in [6.45, 7) is 8.46. The summed E-state index contributed by atoms with van der Waals surface area (Å²) in [5.74, 6) is 1.09. The van der Waals surface area contributed by atoms with E-state index in [1.165, 1.54) is 0 Å². The maximum Gasteiger partial charge on any atom is 0.0950 e. The molecule has 0 aliphatic heterocycles. The third-order valence-corrected chi connectivity index (χ3v) is 1.91. The van der Waals surface area contributed by atoms with Crippen molar-refractivity contribution in [2.24, 2.45) is 11.8 Å². The van der Waals surface area contributed by atoms with E-state index in [0.29, 0.717) is 11.8 Å². The standard InChI is InChI=1S/C9H20O2/c1-7(2)5-6-9(11-10)8(3)4/h7-10H,5-6H2,1-4H3. The highest BCUT2D eigenvalue weighted by Crippen LogP contribution is 2.15. The van der Waals surface area contributed by atoms with E-state index in [4.69, 9.17) is 5.26 Å². The largest absolute Gasteiger partial charge is 0.252 e. The summed E-state index contributed by atoms with van der Waals surface area (Å²) >= 11 is 0. The Morgan fingerprint density at radius 2 is 1.64 bits per heavy atom. The molecule has 0 bridgehead atoms. The Morgan fingerprint density at radius 3 is 1.91 bits per heavy atom. The molecule has 2 nitrogen and oxygen atoms in total. The molecule has 0 aromatic rings. The van der Waals surface area contributed by atoms with Gasteiger partial charge in [0.2, 0.25) is 0 Å². The molecule has 1 atom stereocenters. The van der Waals surface area contributed by atoms with Gasteiger partial charge in [-0.3, -0.25) is 5.26 Å². The molecule has 11 heavy (non-hydrogen) atoms. The third kappa shape index (κ3) is 5.22. The lowest BCUT2D eigenvalue weighted by Gasteiger charge is -2.17. The van der Waals surface area contributed by atoms with E-state index in [1.54, 1.807) is 0 Å². The lowest BCUT2D eigenvalue weighted by Crippen LogP contribution is -2.18. The molecule has 0 heterocycles. The van der Waals surface area contributed by atoms with E-state index in [-0.39, 0.29) is 6.10 Å². The minimum Gasteiger partial charge on any atom is -0.252 e. The molecule has 0 aliphatic rings. The molecular formula is C9H20O2. The van der Waals surface area contributed by atoms with Crippen LogP contribution in [0, 0.1) is 11.8 Å². The van der Waals surface area contributed by atoms with Crippen LogP contribution in [0.4, 0.5) is 0 Å². The molecule has 0 aromatic heterocycles. The summed E-state index contributed by atoms with van der Waals surface area (Å²) in [5, 5.41) is 8.51. The fourth-order valence-electron chi connectivity index (χ4n) is 1.01. The van der Waals surface area contributed by atoms with Gasteiger partial charge in [-0.2, -0.15) is 0 Å². The van der Waals surface area contributed by atoms with Crippen LogP contribution in [0.1, 0.15) is 40.5 Å². The molecule has 0 fully saturated rings. The normalized spacial score (nSPS) is 14.5. The van der Waals surface area contributed by atoms with Crippen LogP contribution in [0.25, 0.3) is 0 Å². The van der Waals surface area contributed by atoms with Crippen molar-refractivity contribution < 1.29 is 10.1 Å². The Hall–Kier alpha value is -0.0800. The molecule has 2 heteroatoms. The van der Waals surface area contributed by atoms with E-state index in [0.717, 1.165) is 12.8 Å². The van der Waals surface area contributed by atoms with Gasteiger partial charge < -0.3 is 0 Å². The van der Waals surface area contributed by atoms with Gasteiger partial charge >= 0.3 is 0 Å². The van der Waals surface area contributed by atoms with Gasteiger partial charge in [-0.15, -0.1) is 0 Å².